The quantitative estimate of drug-likeness (QED) is 0.0240. The molecule has 0 radical (unpaired) electrons. The SMILES string of the molecule is CCCn1cc(NC(=O)c2nc(NC(=O)CCNC(=O)c3cc(NC(=O)c4nccn4C)cn3C)cn2C)cc1C(=O)NCCCC(=O)Nc1cn(C)c(C(=O)NCCC(=O)Nc2cc(C(=O)Nc3cn(C)c(C(=O)NCCC(=O)NCCOCCOCCOCCOCCOCCOCCOCCOCCOCC)n3)n(C)c2)n1. The van der Waals surface area contributed by atoms with Gasteiger partial charge in [-0.1, -0.05) is 6.92 Å². The van der Waals surface area contributed by atoms with Crippen molar-refractivity contribution in [2.75, 3.05) is 184 Å². The Kier molecular flexibility index (Phi) is 38.8. The zero-order chi connectivity index (χ0) is 82.9. The van der Waals surface area contributed by atoms with E-state index in [1.807, 2.05) is 13.8 Å². The third-order valence-electron chi connectivity index (χ3n) is 16.4. The highest BCUT2D eigenvalue weighted by Crippen LogP contribution is 2.20. The van der Waals surface area contributed by atoms with E-state index in [2.05, 4.69) is 78.4 Å². The molecule has 0 fully saturated rings. The van der Waals surface area contributed by atoms with Gasteiger partial charge < -0.3 is 133 Å². The number of nitrogens with zero attached hydrogens (tertiary/aromatic N) is 11. The standard InChI is InChI=1S/C73H106N22O20/c1-9-22-95-46-52(82-73(106)66-86-57(48-94(66)8)84-62(99)15-18-77-67(100)53-42-51(45-90(53)4)81-72(105)63-75-20-23-89(63)3)43-55(95)68(101)76-16-11-12-60(97)83-56-47-92(6)64(85-56)70(103)79-19-14-61(98)80-50-41-54(91(5)44-50)69(102)88-58-49-93(7)65(87-58)71(104)78-17-13-59(96)74-21-24-108-27-28-110-31-32-112-35-36-114-39-40-115-38-37-113-34-33-111-30-29-109-26-25-107-10-2/h20,23,41-49H,9-19,21-22,24-40H2,1-8H3,(H,74,96)(H,76,101)(H,77,100)(H,78,104)(H,79,103)(H,80,98)(H,81,105)(H,82,106)(H,83,97)(H,84,99)(H,88,102). The number of aromatic nitrogens is 11. The van der Waals surface area contributed by atoms with E-state index in [4.69, 9.17) is 42.6 Å². The number of hydrogen-bond donors (Lipinski definition) is 11. The van der Waals surface area contributed by atoms with Crippen molar-refractivity contribution in [3.63, 3.8) is 0 Å². The lowest BCUT2D eigenvalue weighted by molar-refractivity contribution is -0.121. The average Bonchev–Trinajstić information content (AvgIpc) is 1.69. The minimum absolute atomic E-state index is 0.00818. The molecule has 0 atom stereocenters. The van der Waals surface area contributed by atoms with Gasteiger partial charge in [0.15, 0.2) is 23.3 Å². The van der Waals surface area contributed by atoms with Crippen LogP contribution in [0.4, 0.5) is 34.5 Å². The maximum atomic E-state index is 13.5. The number of ether oxygens (including phenoxy) is 9. The Labute approximate surface area is 663 Å². The van der Waals surface area contributed by atoms with E-state index in [1.165, 1.54) is 72.0 Å². The van der Waals surface area contributed by atoms with Gasteiger partial charge >= 0.3 is 0 Å². The smallest absolute Gasteiger partial charge is 0.291 e. The third kappa shape index (κ3) is 31.8. The molecule has 0 aromatic carbocycles. The van der Waals surface area contributed by atoms with Crippen molar-refractivity contribution in [3.8, 4) is 0 Å². The number of imidazole rings is 4. The first kappa shape index (κ1) is 90.7. The third-order valence-corrected chi connectivity index (χ3v) is 16.4. The molecule has 628 valence electrons. The first-order valence-electron chi connectivity index (χ1n) is 37.5. The monoisotopic (exact) mass is 1610 g/mol. The molecule has 7 aromatic rings. The number of hydrogen-bond acceptors (Lipinski definition) is 24. The topological polar surface area (TPSA) is 489 Å². The van der Waals surface area contributed by atoms with Crippen LogP contribution in [0.5, 0.6) is 0 Å². The number of carbonyl (C=O) groups is 11. The van der Waals surface area contributed by atoms with Crippen LogP contribution < -0.4 is 58.5 Å². The maximum Gasteiger partial charge on any atom is 0.291 e. The second kappa shape index (κ2) is 49.2. The van der Waals surface area contributed by atoms with E-state index in [0.29, 0.717) is 137 Å². The minimum atomic E-state index is -0.626. The Hall–Kier alpha value is -11.5. The van der Waals surface area contributed by atoms with Gasteiger partial charge in [-0.3, -0.25) is 52.7 Å². The summed E-state index contributed by atoms with van der Waals surface area (Å²) in [4.78, 5) is 160. The van der Waals surface area contributed by atoms with Crippen LogP contribution in [0.2, 0.25) is 0 Å². The van der Waals surface area contributed by atoms with Gasteiger partial charge in [-0.2, -0.15) is 0 Å². The van der Waals surface area contributed by atoms with Crippen molar-refractivity contribution < 1.29 is 95.4 Å². The lowest BCUT2D eigenvalue weighted by Gasteiger charge is -2.09. The van der Waals surface area contributed by atoms with Crippen molar-refractivity contribution in [1.29, 1.82) is 0 Å². The molecule has 11 N–H and O–H groups in total. The van der Waals surface area contributed by atoms with E-state index in [1.54, 1.807) is 70.0 Å². The second-order valence-electron chi connectivity index (χ2n) is 25.6. The molecule has 0 aliphatic rings. The van der Waals surface area contributed by atoms with Gasteiger partial charge in [0, 0.05) is 163 Å². The molecule has 0 saturated heterocycles. The molecule has 7 heterocycles. The van der Waals surface area contributed by atoms with Crippen LogP contribution in [0.3, 0.4) is 0 Å². The van der Waals surface area contributed by atoms with Gasteiger partial charge in [0.1, 0.15) is 17.1 Å². The zero-order valence-corrected chi connectivity index (χ0v) is 66.1. The van der Waals surface area contributed by atoms with Crippen LogP contribution >= 0.6 is 0 Å². The average molecular weight is 1610 g/mol. The van der Waals surface area contributed by atoms with E-state index >= 15 is 0 Å². The van der Waals surface area contributed by atoms with Crippen LogP contribution in [0.1, 0.15) is 126 Å². The molecule has 42 nitrogen and oxygen atoms in total. The fourth-order valence-electron chi connectivity index (χ4n) is 10.8. The Balaban J connectivity index is 0.692. The molecule has 0 unspecified atom stereocenters. The first-order chi connectivity index (χ1) is 55.5. The summed E-state index contributed by atoms with van der Waals surface area (Å²) in [5.41, 5.74) is 1.60. The molecule has 7 rings (SSSR count). The van der Waals surface area contributed by atoms with Crippen molar-refractivity contribution in [1.82, 2.24) is 78.5 Å². The van der Waals surface area contributed by atoms with Crippen LogP contribution in [0, 0.1) is 0 Å². The highest BCUT2D eigenvalue weighted by atomic mass is 16.6. The molecule has 42 heteroatoms. The molecule has 115 heavy (non-hydrogen) atoms. The Morgan fingerprint density at radius 3 is 1.17 bits per heavy atom. The molecule has 11 amide bonds. The van der Waals surface area contributed by atoms with Crippen LogP contribution in [-0.2, 0) is 111 Å². The Morgan fingerprint density at radius 1 is 0.322 bits per heavy atom. The number of amides is 11. The van der Waals surface area contributed by atoms with E-state index in [0.717, 1.165) is 0 Å². The molecular formula is C73H106N22O20. The van der Waals surface area contributed by atoms with Crippen molar-refractivity contribution in [2.45, 2.75) is 58.9 Å². The molecule has 0 aliphatic heterocycles. The largest absolute Gasteiger partial charge is 0.379 e. The number of nitrogens with one attached hydrogen (secondary N) is 11. The Bertz CT molecular complexity index is 4320. The van der Waals surface area contributed by atoms with Gasteiger partial charge in [-0.05, 0) is 38.0 Å². The van der Waals surface area contributed by atoms with Gasteiger partial charge in [0.2, 0.25) is 41.1 Å². The number of rotatable bonds is 56. The Morgan fingerprint density at radius 2 is 0.696 bits per heavy atom. The summed E-state index contributed by atoms with van der Waals surface area (Å²) >= 11 is 0. The number of anilines is 6. The molecule has 0 bridgehead atoms. The second-order valence-corrected chi connectivity index (χ2v) is 25.6. The van der Waals surface area contributed by atoms with Gasteiger partial charge in [-0.15, -0.1) is 0 Å². The summed E-state index contributed by atoms with van der Waals surface area (Å²) in [7, 11) is 9.60. The lowest BCUT2D eigenvalue weighted by Crippen LogP contribution is -2.33. The summed E-state index contributed by atoms with van der Waals surface area (Å²) in [6.07, 6.45) is 12.7. The first-order valence-corrected chi connectivity index (χ1v) is 37.5. The predicted molar refractivity (Wildman–Crippen MR) is 417 cm³/mol. The molecule has 0 spiro atoms. The van der Waals surface area contributed by atoms with Gasteiger partial charge in [0.05, 0.1) is 129 Å². The van der Waals surface area contributed by atoms with Crippen LogP contribution in [0.25, 0.3) is 0 Å². The summed E-state index contributed by atoms with van der Waals surface area (Å²) in [5.74, 6) is -5.20. The van der Waals surface area contributed by atoms with Crippen LogP contribution in [0.15, 0.2) is 67.8 Å². The predicted octanol–water partition coefficient (Wildman–Crippen LogP) is 1.34. The van der Waals surface area contributed by atoms with Crippen molar-refractivity contribution in [2.24, 2.45) is 42.3 Å². The molecule has 7 aromatic heterocycles. The van der Waals surface area contributed by atoms with E-state index < -0.39 is 59.1 Å². The minimum Gasteiger partial charge on any atom is -0.379 e. The van der Waals surface area contributed by atoms with Crippen molar-refractivity contribution in [3.05, 3.63) is 108 Å². The van der Waals surface area contributed by atoms with Crippen molar-refractivity contribution >= 4 is 99.5 Å². The fourth-order valence-corrected chi connectivity index (χ4v) is 10.8. The molecule has 0 aliphatic carbocycles. The van der Waals surface area contributed by atoms with E-state index in [9.17, 15) is 52.7 Å². The van der Waals surface area contributed by atoms with Gasteiger partial charge in [0.25, 0.3) is 41.4 Å². The summed E-state index contributed by atoms with van der Waals surface area (Å²) in [5, 5.41) is 29.6. The molecule has 0 saturated carbocycles. The van der Waals surface area contributed by atoms with Crippen LogP contribution in [-0.4, -0.2) is 269 Å². The van der Waals surface area contributed by atoms with Gasteiger partial charge in [-0.25, -0.2) is 19.9 Å². The number of aryl methyl sites for hydroxylation is 7. The normalized spacial score (nSPS) is 11.1. The number of carbonyl (C=O) groups excluding carboxylic acids is 11. The van der Waals surface area contributed by atoms with E-state index in [-0.39, 0.29) is 141 Å². The summed E-state index contributed by atoms with van der Waals surface area (Å²) in [6.45, 7) is 12.8. The summed E-state index contributed by atoms with van der Waals surface area (Å²) < 4.78 is 59.5. The zero-order valence-electron chi connectivity index (χ0n) is 66.1. The highest BCUT2D eigenvalue weighted by molar-refractivity contribution is 6.06. The highest BCUT2D eigenvalue weighted by Gasteiger charge is 2.24. The lowest BCUT2D eigenvalue weighted by atomic mass is 10.3. The maximum absolute atomic E-state index is 13.5. The molecular weight excluding hydrogens is 1500 g/mol. The fraction of sp³-hybridized carbons (Fsp3) is 0.521. The summed E-state index contributed by atoms with van der Waals surface area (Å²) in [6, 6.07) is 4.44.